The second kappa shape index (κ2) is 5.55. The Kier molecular flexibility index (Phi) is 4.05. The van der Waals surface area contributed by atoms with Crippen molar-refractivity contribution < 1.29 is 9.63 Å². The molecule has 76 valence electrons. The van der Waals surface area contributed by atoms with Crippen molar-refractivity contribution in [2.75, 3.05) is 0 Å². The minimum absolute atomic E-state index is 0.108. The number of nitriles is 1. The van der Waals surface area contributed by atoms with Gasteiger partial charge in [-0.25, -0.2) is 4.79 Å². The summed E-state index contributed by atoms with van der Waals surface area (Å²) in [6.45, 7) is 1.26. The summed E-state index contributed by atoms with van der Waals surface area (Å²) >= 11 is 0. The summed E-state index contributed by atoms with van der Waals surface area (Å²) in [6, 6.07) is 11.1. The molecule has 0 saturated heterocycles. The molecule has 1 aromatic rings. The van der Waals surface area contributed by atoms with Crippen molar-refractivity contribution >= 4 is 11.7 Å². The number of rotatable bonds is 3. The summed E-state index contributed by atoms with van der Waals surface area (Å²) in [7, 11) is 0. The first-order valence-corrected chi connectivity index (χ1v) is 4.41. The molecule has 0 bridgehead atoms. The molecule has 0 atom stereocenters. The van der Waals surface area contributed by atoms with Gasteiger partial charge in [0.1, 0.15) is 5.71 Å². The number of benzene rings is 1. The van der Waals surface area contributed by atoms with Gasteiger partial charge in [0.05, 0.1) is 12.5 Å². The number of nitrogens with zero attached hydrogens (tertiary/aromatic N) is 2. The molecule has 0 heterocycles. The predicted octanol–water partition coefficient (Wildman–Crippen LogP) is 1.87. The summed E-state index contributed by atoms with van der Waals surface area (Å²) in [5.74, 6) is -0.499. The smallest absolute Gasteiger partial charge is 0.318 e. The van der Waals surface area contributed by atoms with E-state index in [4.69, 9.17) is 5.26 Å². The van der Waals surface area contributed by atoms with Crippen LogP contribution in [-0.4, -0.2) is 11.7 Å². The maximum absolute atomic E-state index is 10.6. The van der Waals surface area contributed by atoms with Crippen LogP contribution in [0.15, 0.2) is 35.5 Å². The molecular weight excluding hydrogens is 192 g/mol. The third-order valence-electron chi connectivity index (χ3n) is 1.64. The molecule has 0 saturated carbocycles. The van der Waals surface area contributed by atoms with E-state index in [1.54, 1.807) is 12.1 Å². The molecule has 0 aliphatic heterocycles. The quantitative estimate of drug-likeness (QED) is 0.427. The number of hydrogen-bond donors (Lipinski definition) is 0. The molecule has 4 heteroatoms. The minimum Gasteiger partial charge on any atom is -0.318 e. The Morgan fingerprint density at radius 3 is 2.67 bits per heavy atom. The standard InChI is InChI=1S/C11H10N2O2/c1-9(14)15-13-11(7-8-12)10-5-3-2-4-6-10/h2-6H,7H2,1H3. The highest BCUT2D eigenvalue weighted by molar-refractivity contribution is 6.01. The fraction of sp³-hybridized carbons (Fsp3) is 0.182. The van der Waals surface area contributed by atoms with Crippen molar-refractivity contribution in [3.8, 4) is 6.07 Å². The third kappa shape index (κ3) is 3.61. The Morgan fingerprint density at radius 1 is 1.47 bits per heavy atom. The van der Waals surface area contributed by atoms with Gasteiger partial charge in [0, 0.05) is 12.5 Å². The zero-order chi connectivity index (χ0) is 11.1. The number of hydrogen-bond acceptors (Lipinski definition) is 4. The summed E-state index contributed by atoms with van der Waals surface area (Å²) in [6.07, 6.45) is 0.108. The van der Waals surface area contributed by atoms with Crippen molar-refractivity contribution in [1.29, 1.82) is 5.26 Å². The Balaban J connectivity index is 2.89. The van der Waals surface area contributed by atoms with Crippen molar-refractivity contribution in [1.82, 2.24) is 0 Å². The first-order chi connectivity index (χ1) is 7.24. The first-order valence-electron chi connectivity index (χ1n) is 4.41. The van der Waals surface area contributed by atoms with Gasteiger partial charge in [-0.2, -0.15) is 5.26 Å². The highest BCUT2D eigenvalue weighted by Gasteiger charge is 2.03. The largest absolute Gasteiger partial charge is 0.331 e. The normalized spacial score (nSPS) is 10.5. The van der Waals surface area contributed by atoms with Crippen LogP contribution in [0.5, 0.6) is 0 Å². The number of carbonyl (C=O) groups excluding carboxylic acids is 1. The second-order valence-corrected chi connectivity index (χ2v) is 2.82. The number of oxime groups is 1. The lowest BCUT2D eigenvalue weighted by Crippen LogP contribution is -2.02. The van der Waals surface area contributed by atoms with Crippen molar-refractivity contribution in [2.45, 2.75) is 13.3 Å². The van der Waals surface area contributed by atoms with Gasteiger partial charge in [-0.15, -0.1) is 0 Å². The van der Waals surface area contributed by atoms with Gasteiger partial charge in [-0.05, 0) is 0 Å². The van der Waals surface area contributed by atoms with E-state index in [1.807, 2.05) is 24.3 Å². The van der Waals surface area contributed by atoms with E-state index in [1.165, 1.54) is 6.92 Å². The Bertz CT molecular complexity index is 404. The van der Waals surface area contributed by atoms with E-state index < -0.39 is 5.97 Å². The molecule has 4 nitrogen and oxygen atoms in total. The lowest BCUT2D eigenvalue weighted by molar-refractivity contribution is -0.140. The summed E-state index contributed by atoms with van der Waals surface area (Å²) in [4.78, 5) is 15.1. The fourth-order valence-electron chi connectivity index (χ4n) is 1.01. The molecular formula is C11H10N2O2. The molecule has 0 aliphatic rings. The lowest BCUT2D eigenvalue weighted by Gasteiger charge is -2.00. The summed E-state index contributed by atoms with van der Waals surface area (Å²) in [5.41, 5.74) is 1.23. The molecule has 1 aromatic carbocycles. The van der Waals surface area contributed by atoms with Crippen LogP contribution < -0.4 is 0 Å². The van der Waals surface area contributed by atoms with Crippen LogP contribution in [0.1, 0.15) is 18.9 Å². The predicted molar refractivity (Wildman–Crippen MR) is 55.0 cm³/mol. The molecule has 0 radical (unpaired) electrons. The van der Waals surface area contributed by atoms with Crippen molar-refractivity contribution in [2.24, 2.45) is 5.16 Å². The van der Waals surface area contributed by atoms with Gasteiger partial charge < -0.3 is 4.84 Å². The van der Waals surface area contributed by atoms with Gasteiger partial charge in [0.25, 0.3) is 0 Å². The monoisotopic (exact) mass is 202 g/mol. The van der Waals surface area contributed by atoms with Gasteiger partial charge in [-0.1, -0.05) is 35.5 Å². The van der Waals surface area contributed by atoms with Crippen LogP contribution >= 0.6 is 0 Å². The van der Waals surface area contributed by atoms with Gasteiger partial charge in [0.2, 0.25) is 0 Å². The molecule has 0 aliphatic carbocycles. The summed E-state index contributed by atoms with van der Waals surface area (Å²) in [5, 5.41) is 12.2. The van der Waals surface area contributed by atoms with Gasteiger partial charge >= 0.3 is 5.97 Å². The average molecular weight is 202 g/mol. The Morgan fingerprint density at radius 2 is 2.13 bits per heavy atom. The zero-order valence-electron chi connectivity index (χ0n) is 8.30. The zero-order valence-corrected chi connectivity index (χ0v) is 8.30. The maximum Gasteiger partial charge on any atom is 0.331 e. The third-order valence-corrected chi connectivity index (χ3v) is 1.64. The topological polar surface area (TPSA) is 62.4 Å². The van der Waals surface area contributed by atoms with E-state index >= 15 is 0 Å². The lowest BCUT2D eigenvalue weighted by atomic mass is 10.1. The molecule has 0 unspecified atom stereocenters. The van der Waals surface area contributed by atoms with Crippen LogP contribution in [0.2, 0.25) is 0 Å². The number of carbonyl (C=O) groups is 1. The van der Waals surface area contributed by atoms with Gasteiger partial charge in [-0.3, -0.25) is 0 Å². The van der Waals surface area contributed by atoms with Crippen LogP contribution in [0.25, 0.3) is 0 Å². The molecule has 15 heavy (non-hydrogen) atoms. The minimum atomic E-state index is -0.499. The SMILES string of the molecule is CC(=O)ON=C(CC#N)c1ccccc1. The molecule has 1 rings (SSSR count). The Hall–Kier alpha value is -2.15. The van der Waals surface area contributed by atoms with E-state index in [0.717, 1.165) is 5.56 Å². The van der Waals surface area contributed by atoms with E-state index in [9.17, 15) is 4.79 Å². The molecule has 0 N–H and O–H groups in total. The van der Waals surface area contributed by atoms with E-state index in [0.29, 0.717) is 5.71 Å². The van der Waals surface area contributed by atoms with E-state index in [-0.39, 0.29) is 6.42 Å². The van der Waals surface area contributed by atoms with Crippen molar-refractivity contribution in [3.63, 3.8) is 0 Å². The highest BCUT2D eigenvalue weighted by Crippen LogP contribution is 2.04. The molecule has 0 aromatic heterocycles. The average Bonchev–Trinajstić information content (AvgIpc) is 2.25. The molecule has 0 spiro atoms. The molecule has 0 fully saturated rings. The fourth-order valence-corrected chi connectivity index (χ4v) is 1.01. The second-order valence-electron chi connectivity index (χ2n) is 2.82. The van der Waals surface area contributed by atoms with Gasteiger partial charge in [0.15, 0.2) is 0 Å². The molecule has 0 amide bonds. The van der Waals surface area contributed by atoms with Crippen LogP contribution in [0.3, 0.4) is 0 Å². The highest BCUT2D eigenvalue weighted by atomic mass is 16.7. The van der Waals surface area contributed by atoms with Crippen LogP contribution in [0, 0.1) is 11.3 Å². The first kappa shape index (κ1) is 10.9. The summed E-state index contributed by atoms with van der Waals surface area (Å²) < 4.78 is 0. The van der Waals surface area contributed by atoms with E-state index in [2.05, 4.69) is 9.99 Å². The Labute approximate surface area is 87.8 Å². The van der Waals surface area contributed by atoms with Crippen LogP contribution in [-0.2, 0) is 9.63 Å². The van der Waals surface area contributed by atoms with Crippen molar-refractivity contribution in [3.05, 3.63) is 35.9 Å². The maximum atomic E-state index is 10.6. The van der Waals surface area contributed by atoms with Crippen LogP contribution in [0.4, 0.5) is 0 Å².